The molecule has 0 bridgehead atoms. The third-order valence-corrected chi connectivity index (χ3v) is 1.15. The van der Waals surface area contributed by atoms with Crippen LogP contribution in [0.15, 0.2) is 35.3 Å². The third kappa shape index (κ3) is 2.68. The number of nitrogens with zero attached hydrogens (tertiary/aromatic N) is 1. The predicted molar refractivity (Wildman–Crippen MR) is 46.7 cm³/mol. The quantitative estimate of drug-likeness (QED) is 0.439. The molecule has 1 heteroatoms. The van der Waals surface area contributed by atoms with E-state index < -0.39 is 0 Å². The first-order valence-corrected chi connectivity index (χ1v) is 3.34. The van der Waals surface area contributed by atoms with Crippen LogP contribution in [0.4, 0.5) is 0 Å². The summed E-state index contributed by atoms with van der Waals surface area (Å²) in [7, 11) is 0. The molecule has 0 amide bonds. The lowest BCUT2D eigenvalue weighted by atomic mass is 10.2. The van der Waals surface area contributed by atoms with E-state index in [1.165, 1.54) is 0 Å². The second-order valence-electron chi connectivity index (χ2n) is 2.00. The minimum absolute atomic E-state index is 0.398. The molecule has 0 aromatic heterocycles. The Balaban J connectivity index is 2.59. The molecule has 0 aliphatic heterocycles. The zero-order valence-corrected chi connectivity index (χ0v) is 6.12. The molecule has 0 saturated heterocycles. The normalized spacial score (nSPS) is 9.73. The average Bonchev–Trinajstić information content (AvgIpc) is 2.07. The Morgan fingerprint density at radius 1 is 1.27 bits per heavy atom. The summed E-state index contributed by atoms with van der Waals surface area (Å²) >= 11 is 0. The van der Waals surface area contributed by atoms with Gasteiger partial charge in [-0.05, 0) is 0 Å². The average molecular weight is 142 g/mol. The standard InChI is InChI=1S/C10H8N/c1-2-8-11-9-10-6-4-3-5-7-10/h1,3-7H,8H2. The van der Waals surface area contributed by atoms with Crippen molar-refractivity contribution in [3.8, 4) is 12.3 Å². The van der Waals surface area contributed by atoms with Crippen molar-refractivity contribution >= 4 is 6.21 Å². The molecule has 0 spiro atoms. The Bertz CT molecular complexity index is 267. The van der Waals surface area contributed by atoms with Gasteiger partial charge in [0, 0.05) is 5.56 Å². The van der Waals surface area contributed by atoms with Crippen LogP contribution in [0.1, 0.15) is 5.56 Å². The molecule has 0 N–H and O–H groups in total. The van der Waals surface area contributed by atoms with E-state index in [2.05, 4.69) is 17.1 Å². The number of aliphatic imine (C=N–C) groups is 1. The van der Waals surface area contributed by atoms with Crippen molar-refractivity contribution in [3.63, 3.8) is 0 Å². The Morgan fingerprint density at radius 3 is 2.64 bits per heavy atom. The predicted octanol–water partition coefficient (Wildman–Crippen LogP) is 1.62. The molecule has 0 aliphatic carbocycles. The lowest BCUT2D eigenvalue weighted by molar-refractivity contribution is 1.30. The van der Waals surface area contributed by atoms with Crippen LogP contribution in [0.3, 0.4) is 0 Å². The molecular weight excluding hydrogens is 134 g/mol. The first kappa shape index (κ1) is 7.56. The molecule has 1 radical (unpaired) electrons. The monoisotopic (exact) mass is 142 g/mol. The smallest absolute Gasteiger partial charge is 0.100 e. The first-order chi connectivity index (χ1) is 5.43. The molecule has 0 heterocycles. The van der Waals surface area contributed by atoms with Crippen LogP contribution >= 0.6 is 0 Å². The van der Waals surface area contributed by atoms with Crippen LogP contribution in [0, 0.1) is 12.3 Å². The van der Waals surface area contributed by atoms with Crippen LogP contribution in [0.25, 0.3) is 0 Å². The number of rotatable bonds is 2. The highest BCUT2D eigenvalue weighted by Crippen LogP contribution is 1.93. The van der Waals surface area contributed by atoms with E-state index >= 15 is 0 Å². The van der Waals surface area contributed by atoms with Gasteiger partial charge in [0.15, 0.2) is 0 Å². The van der Waals surface area contributed by atoms with Crippen LogP contribution in [-0.4, -0.2) is 12.8 Å². The second-order valence-corrected chi connectivity index (χ2v) is 2.00. The van der Waals surface area contributed by atoms with Gasteiger partial charge in [-0.1, -0.05) is 36.3 Å². The van der Waals surface area contributed by atoms with E-state index in [0.29, 0.717) is 6.54 Å². The number of hydrogen-bond acceptors (Lipinski definition) is 1. The summed E-state index contributed by atoms with van der Waals surface area (Å²) in [5.74, 6) is 2.41. The van der Waals surface area contributed by atoms with E-state index in [9.17, 15) is 0 Å². The van der Waals surface area contributed by atoms with Crippen LogP contribution in [-0.2, 0) is 0 Å². The van der Waals surface area contributed by atoms with Gasteiger partial charge in [0.05, 0.1) is 6.21 Å². The highest BCUT2D eigenvalue weighted by Gasteiger charge is 1.81. The lowest BCUT2D eigenvalue weighted by Gasteiger charge is -1.86. The van der Waals surface area contributed by atoms with Crippen molar-refractivity contribution in [1.82, 2.24) is 0 Å². The topological polar surface area (TPSA) is 12.4 Å². The van der Waals surface area contributed by atoms with Crippen molar-refractivity contribution < 1.29 is 0 Å². The lowest BCUT2D eigenvalue weighted by Crippen LogP contribution is -1.80. The van der Waals surface area contributed by atoms with E-state index in [0.717, 1.165) is 5.56 Å². The minimum atomic E-state index is 0.398. The molecule has 0 aliphatic rings. The van der Waals surface area contributed by atoms with Crippen molar-refractivity contribution in [2.45, 2.75) is 0 Å². The van der Waals surface area contributed by atoms with Gasteiger partial charge in [-0.2, -0.15) is 0 Å². The molecule has 0 atom stereocenters. The molecule has 1 nitrogen and oxygen atoms in total. The third-order valence-electron chi connectivity index (χ3n) is 1.15. The molecule has 0 unspecified atom stereocenters. The summed E-state index contributed by atoms with van der Waals surface area (Å²) in [6.45, 7) is 0.398. The SMILES string of the molecule is C#CCN=[C]c1ccccc1. The summed E-state index contributed by atoms with van der Waals surface area (Å²) in [6, 6.07) is 9.69. The Morgan fingerprint density at radius 2 is 2.00 bits per heavy atom. The fourth-order valence-electron chi connectivity index (χ4n) is 0.689. The van der Waals surface area contributed by atoms with Crippen LogP contribution < -0.4 is 0 Å². The minimum Gasteiger partial charge on any atom is -0.270 e. The molecule has 1 aromatic rings. The molecule has 0 fully saturated rings. The number of hydrogen-bond donors (Lipinski definition) is 0. The van der Waals surface area contributed by atoms with Gasteiger partial charge in [-0.15, -0.1) is 6.42 Å². The zero-order chi connectivity index (χ0) is 7.94. The van der Waals surface area contributed by atoms with Gasteiger partial charge in [0.25, 0.3) is 0 Å². The van der Waals surface area contributed by atoms with Gasteiger partial charge in [0.2, 0.25) is 0 Å². The van der Waals surface area contributed by atoms with Gasteiger partial charge < -0.3 is 0 Å². The van der Waals surface area contributed by atoms with Crippen LogP contribution in [0.5, 0.6) is 0 Å². The fourth-order valence-corrected chi connectivity index (χ4v) is 0.689. The summed E-state index contributed by atoms with van der Waals surface area (Å²) in [5.41, 5.74) is 0.961. The maximum Gasteiger partial charge on any atom is 0.100 e. The molecule has 0 saturated carbocycles. The van der Waals surface area contributed by atoms with Crippen molar-refractivity contribution in [2.75, 3.05) is 6.54 Å². The summed E-state index contributed by atoms with van der Waals surface area (Å²) in [4.78, 5) is 3.87. The van der Waals surface area contributed by atoms with E-state index in [1.807, 2.05) is 30.3 Å². The highest BCUT2D eigenvalue weighted by atomic mass is 14.7. The molecule has 1 aromatic carbocycles. The Labute approximate surface area is 66.8 Å². The number of terminal acetylenes is 1. The molecule has 53 valence electrons. The van der Waals surface area contributed by atoms with Crippen LogP contribution in [0.2, 0.25) is 0 Å². The Kier molecular flexibility index (Phi) is 2.95. The summed E-state index contributed by atoms with van der Waals surface area (Å²) in [5, 5.41) is 0. The second kappa shape index (κ2) is 4.29. The van der Waals surface area contributed by atoms with Crippen molar-refractivity contribution in [1.29, 1.82) is 0 Å². The Hall–Kier alpha value is -1.55. The molecular formula is C10H8N. The fraction of sp³-hybridized carbons (Fsp3) is 0.100. The molecule has 11 heavy (non-hydrogen) atoms. The highest BCUT2D eigenvalue weighted by molar-refractivity contribution is 5.79. The van der Waals surface area contributed by atoms with Crippen molar-refractivity contribution in [2.24, 2.45) is 4.99 Å². The maximum atomic E-state index is 5.01. The van der Waals surface area contributed by atoms with E-state index in [-0.39, 0.29) is 0 Å². The largest absolute Gasteiger partial charge is 0.270 e. The van der Waals surface area contributed by atoms with E-state index in [1.54, 1.807) is 0 Å². The van der Waals surface area contributed by atoms with Gasteiger partial charge >= 0.3 is 0 Å². The van der Waals surface area contributed by atoms with Crippen molar-refractivity contribution in [3.05, 3.63) is 35.9 Å². The number of benzene rings is 1. The first-order valence-electron chi connectivity index (χ1n) is 3.34. The van der Waals surface area contributed by atoms with Gasteiger partial charge in [-0.25, -0.2) is 0 Å². The maximum absolute atomic E-state index is 5.01. The zero-order valence-electron chi connectivity index (χ0n) is 6.12. The summed E-state index contributed by atoms with van der Waals surface area (Å²) in [6.07, 6.45) is 7.84. The van der Waals surface area contributed by atoms with Gasteiger partial charge in [-0.3, -0.25) is 4.99 Å². The van der Waals surface area contributed by atoms with E-state index in [4.69, 9.17) is 6.42 Å². The van der Waals surface area contributed by atoms with Gasteiger partial charge in [0.1, 0.15) is 6.54 Å². The summed E-state index contributed by atoms with van der Waals surface area (Å²) < 4.78 is 0. The molecule has 1 rings (SSSR count).